The lowest BCUT2D eigenvalue weighted by Gasteiger charge is -2.37. The second kappa shape index (κ2) is 8.17. The van der Waals surface area contributed by atoms with Gasteiger partial charge in [-0.25, -0.2) is 0 Å². The zero-order chi connectivity index (χ0) is 13.4. The fourth-order valence-corrected chi connectivity index (χ4v) is 2.79. The van der Waals surface area contributed by atoms with Gasteiger partial charge in [-0.05, 0) is 25.8 Å². The van der Waals surface area contributed by atoms with Gasteiger partial charge in [0.2, 0.25) is 0 Å². The molecule has 1 spiro atoms. The van der Waals surface area contributed by atoms with E-state index in [0.717, 1.165) is 58.7 Å². The Morgan fingerprint density at radius 3 is 3.00 bits per heavy atom. The lowest BCUT2D eigenvalue weighted by Crippen LogP contribution is -2.47. The quantitative estimate of drug-likeness (QED) is 0.668. The van der Waals surface area contributed by atoms with Gasteiger partial charge in [-0.3, -0.25) is 0 Å². The molecule has 2 atom stereocenters. The van der Waals surface area contributed by atoms with Crippen molar-refractivity contribution < 1.29 is 18.9 Å². The van der Waals surface area contributed by atoms with Gasteiger partial charge < -0.3 is 24.3 Å². The zero-order valence-corrected chi connectivity index (χ0v) is 12.0. The van der Waals surface area contributed by atoms with Crippen LogP contribution in [0.3, 0.4) is 0 Å². The molecule has 2 aliphatic heterocycles. The summed E-state index contributed by atoms with van der Waals surface area (Å²) >= 11 is 0. The van der Waals surface area contributed by atoms with Gasteiger partial charge in [0.05, 0.1) is 25.4 Å². The maximum absolute atomic E-state index is 5.92. The van der Waals surface area contributed by atoms with E-state index in [0.29, 0.717) is 19.3 Å². The Morgan fingerprint density at radius 1 is 1.26 bits per heavy atom. The maximum atomic E-state index is 5.92. The summed E-state index contributed by atoms with van der Waals surface area (Å²) in [5.74, 6) is 0. The van der Waals surface area contributed by atoms with Crippen molar-refractivity contribution in [2.75, 3.05) is 53.3 Å². The summed E-state index contributed by atoms with van der Waals surface area (Å²) in [5, 5.41) is 3.62. The van der Waals surface area contributed by atoms with E-state index in [1.807, 2.05) is 0 Å². The third kappa shape index (κ3) is 5.00. The molecule has 0 bridgehead atoms. The highest BCUT2D eigenvalue weighted by atomic mass is 16.6. The standard InChI is InChI=1S/C14H27NO4/c1-16-9-10-17-6-2-5-15-13-3-7-19-14(11-13)4-8-18-12-14/h13,15H,2-12H2,1H3. The minimum absolute atomic E-state index is 0.00484. The van der Waals surface area contributed by atoms with Gasteiger partial charge in [0.15, 0.2) is 0 Å². The van der Waals surface area contributed by atoms with Crippen LogP contribution in [0.2, 0.25) is 0 Å². The summed E-state index contributed by atoms with van der Waals surface area (Å²) < 4.78 is 21.8. The Labute approximate surface area is 115 Å². The first kappa shape index (κ1) is 15.2. The van der Waals surface area contributed by atoms with Crippen LogP contribution in [-0.4, -0.2) is 64.9 Å². The van der Waals surface area contributed by atoms with Crippen molar-refractivity contribution in [1.82, 2.24) is 5.32 Å². The highest BCUT2D eigenvalue weighted by Crippen LogP contribution is 2.32. The first-order valence-corrected chi connectivity index (χ1v) is 7.36. The van der Waals surface area contributed by atoms with Gasteiger partial charge in [-0.15, -0.1) is 0 Å². The number of hydrogen-bond donors (Lipinski definition) is 1. The molecule has 2 unspecified atom stereocenters. The predicted octanol–water partition coefficient (Wildman–Crippen LogP) is 0.967. The molecule has 5 nitrogen and oxygen atoms in total. The lowest BCUT2D eigenvalue weighted by molar-refractivity contribution is -0.0893. The van der Waals surface area contributed by atoms with Crippen molar-refractivity contribution in [2.45, 2.75) is 37.3 Å². The van der Waals surface area contributed by atoms with Crippen LogP contribution in [0.25, 0.3) is 0 Å². The third-order valence-corrected chi connectivity index (χ3v) is 3.89. The first-order valence-electron chi connectivity index (χ1n) is 7.36. The smallest absolute Gasteiger partial charge is 0.0951 e. The Balaban J connectivity index is 1.53. The Bertz CT molecular complexity index is 244. The van der Waals surface area contributed by atoms with Gasteiger partial charge in [0.1, 0.15) is 0 Å². The van der Waals surface area contributed by atoms with E-state index in [2.05, 4.69) is 5.32 Å². The third-order valence-electron chi connectivity index (χ3n) is 3.89. The molecule has 2 rings (SSSR count). The van der Waals surface area contributed by atoms with Gasteiger partial charge >= 0.3 is 0 Å². The minimum Gasteiger partial charge on any atom is -0.382 e. The Kier molecular flexibility index (Phi) is 6.53. The Hall–Kier alpha value is -0.200. The molecule has 0 aromatic carbocycles. The summed E-state index contributed by atoms with van der Waals surface area (Å²) in [6, 6.07) is 0.564. The number of hydrogen-bond acceptors (Lipinski definition) is 5. The molecule has 0 radical (unpaired) electrons. The van der Waals surface area contributed by atoms with Crippen molar-refractivity contribution in [3.8, 4) is 0 Å². The zero-order valence-electron chi connectivity index (χ0n) is 12.0. The molecule has 2 heterocycles. The summed E-state index contributed by atoms with van der Waals surface area (Å²) in [5.41, 5.74) is 0.00484. The SMILES string of the molecule is COCCOCCCNC1CCOC2(CCOC2)C1. The van der Waals surface area contributed by atoms with Crippen molar-refractivity contribution in [3.05, 3.63) is 0 Å². The molecule has 0 aliphatic carbocycles. The van der Waals surface area contributed by atoms with Gasteiger partial charge in [-0.1, -0.05) is 0 Å². The predicted molar refractivity (Wildman–Crippen MR) is 72.5 cm³/mol. The molecule has 1 N–H and O–H groups in total. The molecule has 2 fully saturated rings. The molecule has 5 heteroatoms. The second-order valence-electron chi connectivity index (χ2n) is 5.44. The summed E-state index contributed by atoms with van der Waals surface area (Å²) in [6.45, 7) is 5.64. The molecule has 2 aliphatic rings. The highest BCUT2D eigenvalue weighted by Gasteiger charge is 2.40. The summed E-state index contributed by atoms with van der Waals surface area (Å²) in [6.07, 6.45) is 4.28. The molecule has 0 saturated carbocycles. The summed E-state index contributed by atoms with van der Waals surface area (Å²) in [4.78, 5) is 0. The van der Waals surface area contributed by atoms with E-state index in [1.165, 1.54) is 0 Å². The van der Waals surface area contributed by atoms with Crippen LogP contribution >= 0.6 is 0 Å². The van der Waals surface area contributed by atoms with E-state index < -0.39 is 0 Å². The number of methoxy groups -OCH3 is 1. The fraction of sp³-hybridized carbons (Fsp3) is 1.00. The van der Waals surface area contributed by atoms with Crippen molar-refractivity contribution in [2.24, 2.45) is 0 Å². The number of rotatable bonds is 8. The minimum atomic E-state index is 0.00484. The number of ether oxygens (including phenoxy) is 4. The molecular weight excluding hydrogens is 246 g/mol. The van der Waals surface area contributed by atoms with E-state index in [9.17, 15) is 0 Å². The van der Waals surface area contributed by atoms with E-state index in [4.69, 9.17) is 18.9 Å². The molecule has 0 aromatic heterocycles. The van der Waals surface area contributed by atoms with Crippen molar-refractivity contribution in [1.29, 1.82) is 0 Å². The van der Waals surface area contributed by atoms with Crippen molar-refractivity contribution >= 4 is 0 Å². The van der Waals surface area contributed by atoms with Gasteiger partial charge in [0.25, 0.3) is 0 Å². The van der Waals surface area contributed by atoms with E-state index in [-0.39, 0.29) is 5.60 Å². The van der Waals surface area contributed by atoms with Crippen LogP contribution in [0, 0.1) is 0 Å². The first-order chi connectivity index (χ1) is 9.35. The summed E-state index contributed by atoms with van der Waals surface area (Å²) in [7, 11) is 1.69. The average Bonchev–Trinajstić information content (AvgIpc) is 2.86. The number of nitrogens with one attached hydrogen (secondary N) is 1. The monoisotopic (exact) mass is 273 g/mol. The van der Waals surface area contributed by atoms with Crippen LogP contribution in [0.5, 0.6) is 0 Å². The molecule has 0 amide bonds. The normalized spacial score (nSPS) is 31.1. The van der Waals surface area contributed by atoms with Gasteiger partial charge in [-0.2, -0.15) is 0 Å². The van der Waals surface area contributed by atoms with Crippen LogP contribution < -0.4 is 5.32 Å². The van der Waals surface area contributed by atoms with Crippen LogP contribution in [0.15, 0.2) is 0 Å². The Morgan fingerprint density at radius 2 is 2.21 bits per heavy atom. The van der Waals surface area contributed by atoms with Gasteiger partial charge in [0, 0.05) is 39.4 Å². The largest absolute Gasteiger partial charge is 0.382 e. The van der Waals surface area contributed by atoms with Crippen LogP contribution in [0.4, 0.5) is 0 Å². The topological polar surface area (TPSA) is 49.0 Å². The average molecular weight is 273 g/mol. The second-order valence-corrected chi connectivity index (χ2v) is 5.44. The van der Waals surface area contributed by atoms with Crippen LogP contribution in [-0.2, 0) is 18.9 Å². The molecule has 19 heavy (non-hydrogen) atoms. The van der Waals surface area contributed by atoms with Crippen LogP contribution in [0.1, 0.15) is 25.7 Å². The molecule has 112 valence electrons. The van der Waals surface area contributed by atoms with E-state index in [1.54, 1.807) is 7.11 Å². The molecule has 2 saturated heterocycles. The highest BCUT2D eigenvalue weighted by molar-refractivity contribution is 4.92. The lowest BCUT2D eigenvalue weighted by atomic mass is 9.89. The molecular formula is C14H27NO4. The van der Waals surface area contributed by atoms with Crippen molar-refractivity contribution in [3.63, 3.8) is 0 Å². The molecule has 0 aromatic rings. The maximum Gasteiger partial charge on any atom is 0.0951 e. The van der Waals surface area contributed by atoms with E-state index >= 15 is 0 Å². The fourth-order valence-electron chi connectivity index (χ4n) is 2.79.